The third kappa shape index (κ3) is 3.25. The number of hydrogen-bond acceptors (Lipinski definition) is 3. The van der Waals surface area contributed by atoms with Crippen LogP contribution in [0.15, 0.2) is 48.5 Å². The predicted octanol–water partition coefficient (Wildman–Crippen LogP) is 2.80. The fourth-order valence-electron chi connectivity index (χ4n) is 1.78. The number of aryl methyl sites for hydroxylation is 2. The monoisotopic (exact) mass is 255 g/mol. The molecule has 0 aliphatic carbocycles. The number of anilines is 2. The number of hydrogen-bond donors (Lipinski definition) is 2. The second-order valence-electron chi connectivity index (χ2n) is 4.35. The van der Waals surface area contributed by atoms with E-state index in [4.69, 9.17) is 0 Å². The average molecular weight is 255 g/mol. The third-order valence-electron chi connectivity index (χ3n) is 2.82. The lowest BCUT2D eigenvalue weighted by Crippen LogP contribution is -2.42. The molecule has 2 aromatic carbocycles. The molecule has 0 aliphatic heterocycles. The fraction of sp³-hybridized carbons (Fsp3) is 0.133. The van der Waals surface area contributed by atoms with Crippen LogP contribution in [-0.2, 0) is 4.79 Å². The number of carbonyl (C=O) groups excluding carboxylic acids is 1. The van der Waals surface area contributed by atoms with Gasteiger partial charge in [0.25, 0.3) is 0 Å². The number of rotatable bonds is 5. The van der Waals surface area contributed by atoms with Crippen molar-refractivity contribution < 1.29 is 4.79 Å². The molecule has 0 aromatic heterocycles. The molecular weight excluding hydrogens is 238 g/mol. The molecule has 0 radical (unpaired) electrons. The Kier molecular flexibility index (Phi) is 4.03. The van der Waals surface area contributed by atoms with Gasteiger partial charge >= 0.3 is 0 Å². The molecule has 4 heteroatoms. The molecule has 98 valence electrons. The van der Waals surface area contributed by atoms with E-state index in [1.807, 2.05) is 56.3 Å². The topological polar surface area (TPSA) is 44.4 Å². The van der Waals surface area contributed by atoms with Gasteiger partial charge in [0.15, 0.2) is 0 Å². The molecule has 19 heavy (non-hydrogen) atoms. The molecule has 0 saturated heterocycles. The number of hydrazine groups is 2. The van der Waals surface area contributed by atoms with E-state index in [1.54, 1.807) is 5.12 Å². The molecule has 0 aliphatic rings. The highest BCUT2D eigenvalue weighted by atomic mass is 16.1. The first-order chi connectivity index (χ1) is 9.20. The summed E-state index contributed by atoms with van der Waals surface area (Å²) in [5.74, 6) is 0. The Bertz CT molecular complexity index is 555. The van der Waals surface area contributed by atoms with E-state index in [1.165, 1.54) is 0 Å². The molecule has 4 nitrogen and oxygen atoms in total. The Balaban J connectivity index is 2.26. The third-order valence-corrected chi connectivity index (χ3v) is 2.82. The van der Waals surface area contributed by atoms with Gasteiger partial charge < -0.3 is 0 Å². The second-order valence-corrected chi connectivity index (χ2v) is 4.35. The zero-order valence-corrected chi connectivity index (χ0v) is 11.1. The summed E-state index contributed by atoms with van der Waals surface area (Å²) in [5.41, 5.74) is 9.92. The summed E-state index contributed by atoms with van der Waals surface area (Å²) in [7, 11) is 0. The highest BCUT2D eigenvalue weighted by molar-refractivity contribution is 5.62. The van der Waals surface area contributed by atoms with Crippen molar-refractivity contribution in [2.45, 2.75) is 13.8 Å². The first-order valence-corrected chi connectivity index (χ1v) is 6.09. The number of nitrogens with zero attached hydrogens (tertiary/aromatic N) is 1. The van der Waals surface area contributed by atoms with Crippen molar-refractivity contribution in [2.75, 3.05) is 10.5 Å². The van der Waals surface area contributed by atoms with Crippen molar-refractivity contribution in [3.8, 4) is 0 Å². The quantitative estimate of drug-likeness (QED) is 0.638. The maximum absolute atomic E-state index is 10.7. The zero-order chi connectivity index (χ0) is 13.7. The van der Waals surface area contributed by atoms with Crippen molar-refractivity contribution in [3.05, 3.63) is 59.7 Å². The van der Waals surface area contributed by atoms with Gasteiger partial charge in [-0.1, -0.05) is 30.3 Å². The molecule has 0 spiro atoms. The highest BCUT2D eigenvalue weighted by Gasteiger charge is 2.06. The van der Waals surface area contributed by atoms with Crippen molar-refractivity contribution >= 4 is 17.8 Å². The lowest BCUT2D eigenvalue weighted by molar-refractivity contribution is -0.109. The van der Waals surface area contributed by atoms with Gasteiger partial charge in [-0.05, 0) is 43.2 Å². The van der Waals surface area contributed by atoms with Gasteiger partial charge in [-0.3, -0.25) is 15.6 Å². The minimum absolute atomic E-state index is 0.644. The molecule has 2 rings (SSSR count). The second kappa shape index (κ2) is 5.91. The summed E-state index contributed by atoms with van der Waals surface area (Å²) in [6, 6.07) is 15.7. The maximum atomic E-state index is 10.7. The van der Waals surface area contributed by atoms with Crippen LogP contribution in [0.3, 0.4) is 0 Å². The van der Waals surface area contributed by atoms with Gasteiger partial charge in [0.2, 0.25) is 6.41 Å². The van der Waals surface area contributed by atoms with E-state index in [0.717, 1.165) is 22.5 Å². The Morgan fingerprint density at radius 3 is 2.47 bits per heavy atom. The average Bonchev–Trinajstić information content (AvgIpc) is 2.43. The molecule has 0 atom stereocenters. The van der Waals surface area contributed by atoms with E-state index in [2.05, 4.69) is 16.9 Å². The molecule has 2 N–H and O–H groups in total. The molecule has 0 heterocycles. The van der Waals surface area contributed by atoms with E-state index in [9.17, 15) is 4.79 Å². The van der Waals surface area contributed by atoms with Crippen LogP contribution in [-0.4, -0.2) is 6.41 Å². The normalized spacial score (nSPS) is 9.79. The van der Waals surface area contributed by atoms with Gasteiger partial charge in [-0.2, -0.15) is 5.12 Å². The summed E-state index contributed by atoms with van der Waals surface area (Å²) < 4.78 is 0. The summed E-state index contributed by atoms with van der Waals surface area (Å²) in [6.45, 7) is 4.05. The first-order valence-electron chi connectivity index (χ1n) is 6.09. The van der Waals surface area contributed by atoms with Crippen LogP contribution < -0.4 is 16.0 Å². The maximum Gasteiger partial charge on any atom is 0.227 e. The van der Waals surface area contributed by atoms with E-state index in [-0.39, 0.29) is 0 Å². The highest BCUT2D eigenvalue weighted by Crippen LogP contribution is 2.19. The van der Waals surface area contributed by atoms with Crippen molar-refractivity contribution in [1.82, 2.24) is 5.43 Å². The Hall–Kier alpha value is -2.49. The van der Waals surface area contributed by atoms with Crippen LogP contribution in [0.1, 0.15) is 11.1 Å². The first kappa shape index (κ1) is 13.0. The standard InChI is InChI=1S/C15H17N3O/c1-12-8-9-13(2)15(10-12)17-18(16-11-19)14-6-4-3-5-7-14/h3-11,17H,1-2H3,(H,16,19). The molecular formula is C15H17N3O. The fourth-order valence-corrected chi connectivity index (χ4v) is 1.78. The number of para-hydroxylation sites is 1. The van der Waals surface area contributed by atoms with Crippen LogP contribution >= 0.6 is 0 Å². The van der Waals surface area contributed by atoms with E-state index >= 15 is 0 Å². The number of amides is 1. The Morgan fingerprint density at radius 1 is 1.05 bits per heavy atom. The summed E-state index contributed by atoms with van der Waals surface area (Å²) in [6.07, 6.45) is 0.644. The van der Waals surface area contributed by atoms with Gasteiger partial charge in [0.1, 0.15) is 0 Å². The Labute approximate surface area is 113 Å². The van der Waals surface area contributed by atoms with Crippen LogP contribution in [0, 0.1) is 13.8 Å². The lowest BCUT2D eigenvalue weighted by atomic mass is 10.1. The van der Waals surface area contributed by atoms with Gasteiger partial charge in [-0.15, -0.1) is 0 Å². The summed E-state index contributed by atoms with van der Waals surface area (Å²) in [5, 5.41) is 1.59. The predicted molar refractivity (Wildman–Crippen MR) is 77.7 cm³/mol. The molecule has 0 unspecified atom stereocenters. The minimum atomic E-state index is 0.644. The van der Waals surface area contributed by atoms with Crippen molar-refractivity contribution in [2.24, 2.45) is 0 Å². The SMILES string of the molecule is Cc1ccc(C)c(NN(NC=O)c2ccccc2)c1. The van der Waals surface area contributed by atoms with Gasteiger partial charge in [0, 0.05) is 0 Å². The van der Waals surface area contributed by atoms with Gasteiger partial charge in [-0.25, -0.2) is 0 Å². The summed E-state index contributed by atoms with van der Waals surface area (Å²) >= 11 is 0. The van der Waals surface area contributed by atoms with Crippen LogP contribution in [0.25, 0.3) is 0 Å². The zero-order valence-electron chi connectivity index (χ0n) is 11.1. The Morgan fingerprint density at radius 2 is 1.79 bits per heavy atom. The van der Waals surface area contributed by atoms with E-state index in [0.29, 0.717) is 6.41 Å². The molecule has 0 bridgehead atoms. The molecule has 2 aromatic rings. The number of nitrogens with one attached hydrogen (secondary N) is 2. The van der Waals surface area contributed by atoms with Gasteiger partial charge in [0.05, 0.1) is 11.4 Å². The van der Waals surface area contributed by atoms with Crippen LogP contribution in [0.4, 0.5) is 11.4 Å². The summed E-state index contributed by atoms with van der Waals surface area (Å²) in [4.78, 5) is 10.7. The minimum Gasteiger partial charge on any atom is -0.279 e. The largest absolute Gasteiger partial charge is 0.279 e. The van der Waals surface area contributed by atoms with Crippen LogP contribution in [0.5, 0.6) is 0 Å². The smallest absolute Gasteiger partial charge is 0.227 e. The van der Waals surface area contributed by atoms with Crippen LogP contribution in [0.2, 0.25) is 0 Å². The number of benzene rings is 2. The van der Waals surface area contributed by atoms with Crippen molar-refractivity contribution in [1.29, 1.82) is 0 Å². The number of carbonyl (C=O) groups is 1. The lowest BCUT2D eigenvalue weighted by Gasteiger charge is -2.25. The van der Waals surface area contributed by atoms with Crippen molar-refractivity contribution in [3.63, 3.8) is 0 Å². The molecule has 1 amide bonds. The van der Waals surface area contributed by atoms with E-state index < -0.39 is 0 Å². The molecule has 0 saturated carbocycles. The molecule has 0 fully saturated rings.